The molecule has 1 aromatic carbocycles. The number of rotatable bonds is 9. The second kappa shape index (κ2) is 9.09. The van der Waals surface area contributed by atoms with Gasteiger partial charge in [0.25, 0.3) is 0 Å². The van der Waals surface area contributed by atoms with Crippen LogP contribution in [0, 0.1) is 0 Å². The molecule has 0 radical (unpaired) electrons. The van der Waals surface area contributed by atoms with Gasteiger partial charge in [0.05, 0.1) is 12.8 Å². The van der Waals surface area contributed by atoms with Crippen LogP contribution in [-0.4, -0.2) is 51.7 Å². The number of hydrogen-bond acceptors (Lipinski definition) is 4. The average molecular weight is 349 g/mol. The molecule has 1 rings (SSSR count). The Kier molecular flexibility index (Phi) is 7.81. The second-order valence-electron chi connectivity index (χ2n) is 4.82. The molecule has 0 atom stereocenters. The minimum atomic E-state index is -3.52. The number of nitrogens with one attached hydrogen (secondary N) is 1. The molecule has 1 amide bonds. The zero-order valence-corrected chi connectivity index (χ0v) is 14.3. The van der Waals surface area contributed by atoms with Crippen molar-refractivity contribution >= 4 is 27.5 Å². The third-order valence-corrected chi connectivity index (χ3v) is 4.51. The Hall–Kier alpha value is -1.15. The molecule has 22 heavy (non-hydrogen) atoms. The summed E-state index contributed by atoms with van der Waals surface area (Å²) >= 11 is 6.04. The van der Waals surface area contributed by atoms with Gasteiger partial charge in [0.2, 0.25) is 15.9 Å². The zero-order chi connectivity index (χ0) is 16.6. The van der Waals surface area contributed by atoms with Gasteiger partial charge in [-0.2, -0.15) is 4.31 Å². The van der Waals surface area contributed by atoms with Gasteiger partial charge >= 0.3 is 0 Å². The molecule has 0 saturated carbocycles. The lowest BCUT2D eigenvalue weighted by Gasteiger charge is -2.20. The molecule has 0 heterocycles. The van der Waals surface area contributed by atoms with Crippen molar-refractivity contribution < 1.29 is 17.9 Å². The van der Waals surface area contributed by atoms with Crippen molar-refractivity contribution in [1.82, 2.24) is 9.62 Å². The minimum absolute atomic E-state index is 0.0595. The van der Waals surface area contributed by atoms with Crippen LogP contribution in [0.4, 0.5) is 0 Å². The summed E-state index contributed by atoms with van der Waals surface area (Å²) < 4.78 is 29.7. The molecule has 8 heteroatoms. The van der Waals surface area contributed by atoms with Gasteiger partial charge in [-0.3, -0.25) is 4.79 Å². The van der Waals surface area contributed by atoms with E-state index in [0.29, 0.717) is 30.2 Å². The van der Waals surface area contributed by atoms with Gasteiger partial charge in [-0.15, -0.1) is 0 Å². The molecule has 124 valence electrons. The van der Waals surface area contributed by atoms with E-state index in [0.717, 1.165) is 10.6 Å². The molecular weight excluding hydrogens is 328 g/mol. The normalized spacial score (nSPS) is 11.6. The van der Waals surface area contributed by atoms with E-state index in [1.54, 1.807) is 31.4 Å². The number of methoxy groups -OCH3 is 1. The standard InChI is InChI=1S/C14H21ClN2O4S/c1-21-9-5-8-16-14(18)11-17(22(2,19)20)10-12-6-3-4-7-13(12)15/h3-4,6-7H,5,8-11H2,1-2H3,(H,16,18). The molecule has 0 unspecified atom stereocenters. The Morgan fingerprint density at radius 2 is 2.05 bits per heavy atom. The highest BCUT2D eigenvalue weighted by atomic mass is 35.5. The van der Waals surface area contributed by atoms with Gasteiger partial charge in [0.1, 0.15) is 0 Å². The first-order chi connectivity index (χ1) is 10.3. The fourth-order valence-corrected chi connectivity index (χ4v) is 2.69. The van der Waals surface area contributed by atoms with Crippen LogP contribution in [0.15, 0.2) is 24.3 Å². The van der Waals surface area contributed by atoms with Crippen molar-refractivity contribution in [2.75, 3.05) is 33.1 Å². The number of carbonyl (C=O) groups excluding carboxylic acids is 1. The third-order valence-electron chi connectivity index (χ3n) is 2.94. The summed E-state index contributed by atoms with van der Waals surface area (Å²) in [6.07, 6.45) is 1.74. The number of halogens is 1. The second-order valence-corrected chi connectivity index (χ2v) is 7.21. The van der Waals surface area contributed by atoms with Gasteiger partial charge < -0.3 is 10.1 Å². The molecular formula is C14H21ClN2O4S. The Labute approximate surface area is 136 Å². The molecule has 1 N–H and O–H groups in total. The summed E-state index contributed by atoms with van der Waals surface area (Å²) in [6, 6.07) is 6.95. The highest BCUT2D eigenvalue weighted by molar-refractivity contribution is 7.88. The Morgan fingerprint density at radius 1 is 1.36 bits per heavy atom. The van der Waals surface area contributed by atoms with Crippen molar-refractivity contribution in [3.8, 4) is 0 Å². The molecule has 0 fully saturated rings. The van der Waals surface area contributed by atoms with E-state index in [9.17, 15) is 13.2 Å². The van der Waals surface area contributed by atoms with Crippen LogP contribution in [-0.2, 0) is 26.1 Å². The number of amides is 1. The largest absolute Gasteiger partial charge is 0.385 e. The number of sulfonamides is 1. The fourth-order valence-electron chi connectivity index (χ4n) is 1.77. The van der Waals surface area contributed by atoms with Crippen LogP contribution >= 0.6 is 11.6 Å². The van der Waals surface area contributed by atoms with Crippen molar-refractivity contribution in [3.05, 3.63) is 34.9 Å². The number of benzene rings is 1. The van der Waals surface area contributed by atoms with Crippen LogP contribution < -0.4 is 5.32 Å². The van der Waals surface area contributed by atoms with E-state index in [2.05, 4.69) is 5.32 Å². The number of hydrogen-bond donors (Lipinski definition) is 1. The topological polar surface area (TPSA) is 75.7 Å². The maximum absolute atomic E-state index is 11.8. The molecule has 0 aliphatic rings. The summed E-state index contributed by atoms with van der Waals surface area (Å²) in [5, 5.41) is 3.13. The fraction of sp³-hybridized carbons (Fsp3) is 0.500. The molecule has 0 bridgehead atoms. The van der Waals surface area contributed by atoms with Gasteiger partial charge in [-0.25, -0.2) is 8.42 Å². The molecule has 0 spiro atoms. The maximum atomic E-state index is 11.8. The molecule has 0 aliphatic carbocycles. The van der Waals surface area contributed by atoms with Gasteiger partial charge in [0.15, 0.2) is 0 Å². The first-order valence-corrected chi connectivity index (χ1v) is 9.01. The number of ether oxygens (including phenoxy) is 1. The smallest absolute Gasteiger partial charge is 0.235 e. The average Bonchev–Trinajstić information content (AvgIpc) is 2.44. The Morgan fingerprint density at radius 3 is 2.64 bits per heavy atom. The highest BCUT2D eigenvalue weighted by Gasteiger charge is 2.21. The van der Waals surface area contributed by atoms with Gasteiger partial charge in [0, 0.05) is 31.8 Å². The lowest BCUT2D eigenvalue weighted by molar-refractivity contribution is -0.121. The van der Waals surface area contributed by atoms with Crippen molar-refractivity contribution in [1.29, 1.82) is 0 Å². The van der Waals surface area contributed by atoms with E-state index < -0.39 is 10.0 Å². The predicted octanol–water partition coefficient (Wildman–Crippen LogP) is 1.25. The highest BCUT2D eigenvalue weighted by Crippen LogP contribution is 2.18. The van der Waals surface area contributed by atoms with Crippen molar-refractivity contribution in [3.63, 3.8) is 0 Å². The molecule has 1 aromatic rings. The van der Waals surface area contributed by atoms with Crippen LogP contribution in [0.1, 0.15) is 12.0 Å². The summed E-state index contributed by atoms with van der Waals surface area (Å²) in [5.74, 6) is -0.353. The lowest BCUT2D eigenvalue weighted by atomic mass is 10.2. The number of nitrogens with zero attached hydrogens (tertiary/aromatic N) is 1. The van der Waals surface area contributed by atoms with E-state index in [1.807, 2.05) is 0 Å². The SMILES string of the molecule is COCCCNC(=O)CN(Cc1ccccc1Cl)S(C)(=O)=O. The Balaban J connectivity index is 2.66. The van der Waals surface area contributed by atoms with Crippen LogP contribution in [0.5, 0.6) is 0 Å². The molecule has 0 aromatic heterocycles. The van der Waals surface area contributed by atoms with Gasteiger partial charge in [-0.1, -0.05) is 29.8 Å². The number of carbonyl (C=O) groups is 1. The van der Waals surface area contributed by atoms with E-state index in [4.69, 9.17) is 16.3 Å². The third kappa shape index (κ3) is 6.74. The van der Waals surface area contributed by atoms with Crippen molar-refractivity contribution in [2.45, 2.75) is 13.0 Å². The van der Waals surface area contributed by atoms with Gasteiger partial charge in [-0.05, 0) is 18.1 Å². The summed E-state index contributed by atoms with van der Waals surface area (Å²) in [6.45, 7) is 0.799. The van der Waals surface area contributed by atoms with E-state index >= 15 is 0 Å². The van der Waals surface area contributed by atoms with E-state index in [-0.39, 0.29) is 19.0 Å². The maximum Gasteiger partial charge on any atom is 0.235 e. The summed E-state index contributed by atoms with van der Waals surface area (Å²) in [5.41, 5.74) is 0.654. The first-order valence-electron chi connectivity index (χ1n) is 6.78. The molecule has 0 saturated heterocycles. The monoisotopic (exact) mass is 348 g/mol. The Bertz CT molecular complexity index is 592. The quantitative estimate of drug-likeness (QED) is 0.681. The van der Waals surface area contributed by atoms with Crippen LogP contribution in [0.2, 0.25) is 5.02 Å². The van der Waals surface area contributed by atoms with Crippen LogP contribution in [0.25, 0.3) is 0 Å². The minimum Gasteiger partial charge on any atom is -0.385 e. The van der Waals surface area contributed by atoms with Crippen molar-refractivity contribution in [2.24, 2.45) is 0 Å². The summed E-state index contributed by atoms with van der Waals surface area (Å²) in [4.78, 5) is 11.8. The molecule has 6 nitrogen and oxygen atoms in total. The van der Waals surface area contributed by atoms with E-state index in [1.165, 1.54) is 0 Å². The molecule has 0 aliphatic heterocycles. The first kappa shape index (κ1) is 18.9. The predicted molar refractivity (Wildman–Crippen MR) is 86.2 cm³/mol. The summed E-state index contributed by atoms with van der Waals surface area (Å²) in [7, 11) is -1.94. The zero-order valence-electron chi connectivity index (χ0n) is 12.7. The lowest BCUT2D eigenvalue weighted by Crippen LogP contribution is -2.40. The van der Waals surface area contributed by atoms with Crippen LogP contribution in [0.3, 0.4) is 0 Å².